The molecule has 0 aliphatic heterocycles. The van der Waals surface area contributed by atoms with Crippen molar-refractivity contribution in [2.24, 2.45) is 0 Å². The smallest absolute Gasteiger partial charge is 0.149 e. The number of imidazole rings is 1. The summed E-state index contributed by atoms with van der Waals surface area (Å²) < 4.78 is 12.9. The van der Waals surface area contributed by atoms with E-state index < -0.39 is 0 Å². The first-order chi connectivity index (χ1) is 10.2. The maximum Gasteiger partial charge on any atom is 0.149 e. The lowest BCUT2D eigenvalue weighted by Crippen LogP contribution is -1.85. The number of hydrogen-bond acceptors (Lipinski definition) is 2. The molecule has 2 aromatic carbocycles. The molecular weight excluding hydrogens is 265 g/mol. The van der Waals surface area contributed by atoms with Gasteiger partial charge in [0.1, 0.15) is 17.7 Å². The van der Waals surface area contributed by atoms with Gasteiger partial charge in [-0.1, -0.05) is 18.2 Å². The summed E-state index contributed by atoms with van der Waals surface area (Å²) in [5.74, 6) is 0.215. The number of aromatic amines is 1. The van der Waals surface area contributed by atoms with Gasteiger partial charge < -0.3 is 4.98 Å². The third-order valence-electron chi connectivity index (χ3n) is 3.19. The van der Waals surface area contributed by atoms with Crippen LogP contribution in [-0.2, 0) is 0 Å². The summed E-state index contributed by atoms with van der Waals surface area (Å²) >= 11 is 0. The summed E-state index contributed by atoms with van der Waals surface area (Å²) in [4.78, 5) is 7.56. The van der Waals surface area contributed by atoms with Gasteiger partial charge in [0.25, 0.3) is 0 Å². The molecule has 1 N–H and O–H groups in total. The van der Waals surface area contributed by atoms with Crippen LogP contribution in [-0.4, -0.2) is 9.97 Å². The summed E-state index contributed by atoms with van der Waals surface area (Å²) in [6.45, 7) is 2.00. The summed E-state index contributed by atoms with van der Waals surface area (Å²) in [6, 6.07) is 14.0. The van der Waals surface area contributed by atoms with Crippen LogP contribution in [0.1, 0.15) is 17.0 Å². The predicted octanol–water partition coefficient (Wildman–Crippen LogP) is 4.07. The minimum atomic E-state index is -0.301. The molecular formula is C17H12FN3. The zero-order valence-electron chi connectivity index (χ0n) is 11.4. The molecule has 102 valence electrons. The van der Waals surface area contributed by atoms with Gasteiger partial charge in [-0.25, -0.2) is 9.37 Å². The number of allylic oxidation sites excluding steroid dienone is 1. The number of hydrogen-bond donors (Lipinski definition) is 1. The van der Waals surface area contributed by atoms with Crippen molar-refractivity contribution >= 4 is 22.7 Å². The average Bonchev–Trinajstić information content (AvgIpc) is 2.89. The number of nitriles is 1. The van der Waals surface area contributed by atoms with Gasteiger partial charge in [0.15, 0.2) is 0 Å². The molecule has 4 heteroatoms. The molecule has 0 bridgehead atoms. The number of nitrogens with zero attached hydrogens (tertiary/aromatic N) is 2. The number of halogens is 1. The Hall–Kier alpha value is -2.93. The van der Waals surface area contributed by atoms with Gasteiger partial charge in [0.05, 0.1) is 16.6 Å². The number of fused-ring (bicyclic) bond motifs is 1. The first-order valence-corrected chi connectivity index (χ1v) is 6.50. The van der Waals surface area contributed by atoms with Gasteiger partial charge >= 0.3 is 0 Å². The Balaban J connectivity index is 2.05. The maximum atomic E-state index is 12.9. The number of nitrogens with one attached hydrogen (secondary N) is 1. The van der Waals surface area contributed by atoms with Crippen LogP contribution in [0, 0.1) is 24.1 Å². The maximum absolute atomic E-state index is 12.9. The van der Waals surface area contributed by atoms with Crippen LogP contribution in [0.5, 0.6) is 0 Å². The Morgan fingerprint density at radius 2 is 2.00 bits per heavy atom. The molecule has 1 aromatic heterocycles. The van der Waals surface area contributed by atoms with Gasteiger partial charge in [-0.15, -0.1) is 0 Å². The first kappa shape index (κ1) is 13.1. The van der Waals surface area contributed by atoms with Crippen LogP contribution in [0.4, 0.5) is 4.39 Å². The number of aromatic nitrogens is 2. The van der Waals surface area contributed by atoms with Gasteiger partial charge in [-0.2, -0.15) is 5.26 Å². The standard InChI is InChI=1S/C17H12FN3/c1-11-2-7-15-16(8-11)21-17(20-15)13(10-19)9-12-3-5-14(18)6-4-12/h2-9H,1H3,(H,20,21)/b13-9+. The van der Waals surface area contributed by atoms with Crippen molar-refractivity contribution in [2.45, 2.75) is 6.92 Å². The molecule has 3 nitrogen and oxygen atoms in total. The van der Waals surface area contributed by atoms with E-state index >= 15 is 0 Å². The normalized spacial score (nSPS) is 11.6. The number of aryl methyl sites for hydroxylation is 1. The predicted molar refractivity (Wildman–Crippen MR) is 80.7 cm³/mol. The molecule has 0 saturated heterocycles. The van der Waals surface area contributed by atoms with E-state index in [1.165, 1.54) is 12.1 Å². The lowest BCUT2D eigenvalue weighted by molar-refractivity contribution is 0.628. The second-order valence-corrected chi connectivity index (χ2v) is 4.83. The Kier molecular flexibility index (Phi) is 3.25. The molecule has 0 saturated carbocycles. The molecule has 0 aliphatic rings. The fraction of sp³-hybridized carbons (Fsp3) is 0.0588. The minimum absolute atomic E-state index is 0.301. The van der Waals surface area contributed by atoms with Gasteiger partial charge in [0, 0.05) is 0 Å². The highest BCUT2D eigenvalue weighted by Crippen LogP contribution is 2.20. The highest BCUT2D eigenvalue weighted by Gasteiger charge is 2.08. The molecule has 0 radical (unpaired) electrons. The van der Waals surface area contributed by atoms with Crippen LogP contribution >= 0.6 is 0 Å². The first-order valence-electron chi connectivity index (χ1n) is 6.50. The Morgan fingerprint density at radius 1 is 1.24 bits per heavy atom. The quantitative estimate of drug-likeness (QED) is 0.718. The van der Waals surface area contributed by atoms with Crippen LogP contribution in [0.2, 0.25) is 0 Å². The average molecular weight is 277 g/mol. The number of rotatable bonds is 2. The molecule has 3 rings (SSSR count). The topological polar surface area (TPSA) is 52.5 Å². The Labute approximate surface area is 121 Å². The summed E-state index contributed by atoms with van der Waals surface area (Å²) in [5.41, 5.74) is 4.00. The van der Waals surface area contributed by atoms with Crippen molar-refractivity contribution in [1.29, 1.82) is 5.26 Å². The Morgan fingerprint density at radius 3 is 2.71 bits per heavy atom. The lowest BCUT2D eigenvalue weighted by atomic mass is 10.1. The molecule has 3 aromatic rings. The van der Waals surface area contributed by atoms with Gasteiger partial charge in [-0.05, 0) is 48.4 Å². The van der Waals surface area contributed by atoms with E-state index in [-0.39, 0.29) is 5.82 Å². The van der Waals surface area contributed by atoms with E-state index in [9.17, 15) is 9.65 Å². The molecule has 21 heavy (non-hydrogen) atoms. The minimum Gasteiger partial charge on any atom is -0.337 e. The van der Waals surface area contributed by atoms with Gasteiger partial charge in [-0.3, -0.25) is 0 Å². The fourth-order valence-electron chi connectivity index (χ4n) is 2.13. The van der Waals surface area contributed by atoms with Crippen LogP contribution in [0.15, 0.2) is 42.5 Å². The molecule has 0 atom stereocenters. The monoisotopic (exact) mass is 277 g/mol. The summed E-state index contributed by atoms with van der Waals surface area (Å²) in [7, 11) is 0. The third kappa shape index (κ3) is 2.67. The van der Waals surface area contributed by atoms with E-state index in [0.717, 1.165) is 22.2 Å². The van der Waals surface area contributed by atoms with Crippen molar-refractivity contribution in [3.05, 3.63) is 65.2 Å². The highest BCUT2D eigenvalue weighted by molar-refractivity contribution is 5.90. The van der Waals surface area contributed by atoms with Crippen LogP contribution < -0.4 is 0 Å². The van der Waals surface area contributed by atoms with Crippen molar-refractivity contribution in [3.63, 3.8) is 0 Å². The molecule has 0 amide bonds. The highest BCUT2D eigenvalue weighted by atomic mass is 19.1. The van der Waals surface area contributed by atoms with Crippen molar-refractivity contribution in [1.82, 2.24) is 9.97 Å². The zero-order chi connectivity index (χ0) is 14.8. The van der Waals surface area contributed by atoms with Crippen molar-refractivity contribution in [2.75, 3.05) is 0 Å². The van der Waals surface area contributed by atoms with Crippen LogP contribution in [0.25, 0.3) is 22.7 Å². The van der Waals surface area contributed by atoms with Crippen LogP contribution in [0.3, 0.4) is 0 Å². The van der Waals surface area contributed by atoms with Crippen molar-refractivity contribution in [3.8, 4) is 6.07 Å². The fourth-order valence-corrected chi connectivity index (χ4v) is 2.13. The lowest BCUT2D eigenvalue weighted by Gasteiger charge is -1.95. The van der Waals surface area contributed by atoms with E-state index in [1.54, 1.807) is 18.2 Å². The third-order valence-corrected chi connectivity index (χ3v) is 3.19. The molecule has 0 fully saturated rings. The van der Waals surface area contributed by atoms with Crippen molar-refractivity contribution < 1.29 is 4.39 Å². The van der Waals surface area contributed by atoms with E-state index in [4.69, 9.17) is 0 Å². The van der Waals surface area contributed by atoms with Gasteiger partial charge in [0.2, 0.25) is 0 Å². The zero-order valence-corrected chi connectivity index (χ0v) is 11.4. The van der Waals surface area contributed by atoms with E-state index in [1.807, 2.05) is 25.1 Å². The SMILES string of the molecule is Cc1ccc2nc(/C(C#N)=C/c3ccc(F)cc3)[nH]c2c1. The summed E-state index contributed by atoms with van der Waals surface area (Å²) in [6.07, 6.45) is 1.68. The molecule has 0 unspecified atom stereocenters. The Bertz CT molecular complexity index is 867. The molecule has 0 spiro atoms. The van der Waals surface area contributed by atoms with E-state index in [2.05, 4.69) is 16.0 Å². The molecule has 1 heterocycles. The number of H-pyrrole nitrogens is 1. The molecule has 0 aliphatic carbocycles. The summed E-state index contributed by atoms with van der Waals surface area (Å²) in [5, 5.41) is 9.32. The largest absolute Gasteiger partial charge is 0.337 e. The second-order valence-electron chi connectivity index (χ2n) is 4.83. The second kappa shape index (κ2) is 5.22. The number of benzene rings is 2. The van der Waals surface area contributed by atoms with E-state index in [0.29, 0.717) is 11.4 Å².